The summed E-state index contributed by atoms with van der Waals surface area (Å²) in [4.78, 5) is 28.2. The number of nitrogens with one attached hydrogen (secondary N) is 1. The fourth-order valence-corrected chi connectivity index (χ4v) is 4.42. The van der Waals surface area contributed by atoms with Crippen LogP contribution >= 0.6 is 22.9 Å². The molecule has 2 N–H and O–H groups in total. The van der Waals surface area contributed by atoms with Crippen LogP contribution in [-0.4, -0.2) is 28.0 Å². The van der Waals surface area contributed by atoms with Gasteiger partial charge in [0.25, 0.3) is 5.91 Å². The Hall–Kier alpha value is -1.92. The van der Waals surface area contributed by atoms with Crippen LogP contribution in [0.25, 0.3) is 10.6 Å². The molecule has 0 saturated heterocycles. The molecule has 1 aliphatic rings. The van der Waals surface area contributed by atoms with Gasteiger partial charge in [0.2, 0.25) is 0 Å². The molecule has 1 aliphatic carbocycles. The predicted molar refractivity (Wildman–Crippen MR) is 103 cm³/mol. The normalized spacial score (nSPS) is 16.2. The number of hydrogen-bond donors (Lipinski definition) is 2. The third-order valence-corrected chi connectivity index (χ3v) is 5.86. The number of carbonyl (C=O) groups excluding carboxylic acids is 1. The van der Waals surface area contributed by atoms with Gasteiger partial charge in [0.05, 0.1) is 6.42 Å². The van der Waals surface area contributed by atoms with Gasteiger partial charge in [-0.15, -0.1) is 11.3 Å². The van der Waals surface area contributed by atoms with Crippen LogP contribution in [-0.2, 0) is 4.79 Å². The van der Waals surface area contributed by atoms with Gasteiger partial charge in [-0.2, -0.15) is 0 Å². The van der Waals surface area contributed by atoms with Crippen LogP contribution < -0.4 is 5.32 Å². The summed E-state index contributed by atoms with van der Waals surface area (Å²) in [6, 6.07) is 6.97. The fraction of sp³-hybridized carbons (Fsp3) is 0.421. The number of carboxylic acid groups (broad SMARTS) is 1. The van der Waals surface area contributed by atoms with Crippen molar-refractivity contribution >= 4 is 34.8 Å². The van der Waals surface area contributed by atoms with Gasteiger partial charge in [-0.05, 0) is 30.9 Å². The highest BCUT2D eigenvalue weighted by atomic mass is 35.5. The van der Waals surface area contributed by atoms with Crippen LogP contribution in [0.3, 0.4) is 0 Å². The molecular formula is C19H21ClN2O3S. The molecule has 1 unspecified atom stereocenters. The van der Waals surface area contributed by atoms with E-state index in [0.29, 0.717) is 15.7 Å². The first-order valence-electron chi connectivity index (χ1n) is 8.77. The summed E-state index contributed by atoms with van der Waals surface area (Å²) in [7, 11) is 0. The Kier molecular flexibility index (Phi) is 6.27. The monoisotopic (exact) mass is 392 g/mol. The Balaban J connectivity index is 1.72. The summed E-state index contributed by atoms with van der Waals surface area (Å²) >= 11 is 7.38. The molecule has 0 aliphatic heterocycles. The average molecular weight is 393 g/mol. The SMILES string of the molecule is O=C(O)CC(NC(=O)c1csc(-c2cccc(Cl)c2)n1)C1CCCCC1. The van der Waals surface area contributed by atoms with Crippen molar-refractivity contribution in [3.05, 3.63) is 40.4 Å². The van der Waals surface area contributed by atoms with Gasteiger partial charge in [-0.25, -0.2) is 4.98 Å². The van der Waals surface area contributed by atoms with E-state index < -0.39 is 5.97 Å². The van der Waals surface area contributed by atoms with Gasteiger partial charge in [0.1, 0.15) is 10.7 Å². The summed E-state index contributed by atoms with van der Waals surface area (Å²) in [5.74, 6) is -0.986. The standard InChI is InChI=1S/C19H21ClN2O3S/c20-14-8-4-7-13(9-14)19-22-16(11-26-19)18(25)21-15(10-17(23)24)12-5-2-1-3-6-12/h4,7-9,11-12,15H,1-3,5-6,10H2,(H,21,25)(H,23,24). The molecular weight excluding hydrogens is 372 g/mol. The van der Waals surface area contributed by atoms with Crippen molar-refractivity contribution in [2.45, 2.75) is 44.6 Å². The molecule has 3 rings (SSSR count). The van der Waals surface area contributed by atoms with Crippen LogP contribution in [0, 0.1) is 5.92 Å². The van der Waals surface area contributed by atoms with Gasteiger partial charge < -0.3 is 10.4 Å². The number of carboxylic acids is 1. The zero-order chi connectivity index (χ0) is 18.5. The van der Waals surface area contributed by atoms with Crippen molar-refractivity contribution in [2.75, 3.05) is 0 Å². The molecule has 1 aromatic heterocycles. The highest BCUT2D eigenvalue weighted by molar-refractivity contribution is 7.13. The minimum atomic E-state index is -0.890. The smallest absolute Gasteiger partial charge is 0.305 e. The van der Waals surface area contributed by atoms with E-state index in [9.17, 15) is 14.7 Å². The van der Waals surface area contributed by atoms with Gasteiger partial charge in [0, 0.05) is 22.0 Å². The Morgan fingerprint density at radius 2 is 2.08 bits per heavy atom. The molecule has 5 nitrogen and oxygen atoms in total. The number of carbonyl (C=O) groups is 2. The lowest BCUT2D eigenvalue weighted by molar-refractivity contribution is -0.137. The Bertz CT molecular complexity index is 787. The molecule has 1 fully saturated rings. The zero-order valence-electron chi connectivity index (χ0n) is 14.3. The van der Waals surface area contributed by atoms with E-state index >= 15 is 0 Å². The van der Waals surface area contributed by atoms with Crippen molar-refractivity contribution in [2.24, 2.45) is 5.92 Å². The van der Waals surface area contributed by atoms with Gasteiger partial charge in [0.15, 0.2) is 0 Å². The maximum Gasteiger partial charge on any atom is 0.305 e. The van der Waals surface area contributed by atoms with Crippen LogP contribution in [0.1, 0.15) is 49.0 Å². The second-order valence-corrected chi connectivity index (χ2v) is 7.92. The molecule has 1 atom stereocenters. The molecule has 1 saturated carbocycles. The largest absolute Gasteiger partial charge is 0.481 e. The highest BCUT2D eigenvalue weighted by Gasteiger charge is 2.28. The molecule has 26 heavy (non-hydrogen) atoms. The highest BCUT2D eigenvalue weighted by Crippen LogP contribution is 2.29. The fourth-order valence-electron chi connectivity index (χ4n) is 3.43. The summed E-state index contributed by atoms with van der Waals surface area (Å²) in [5.41, 5.74) is 1.17. The van der Waals surface area contributed by atoms with E-state index in [4.69, 9.17) is 11.6 Å². The quantitative estimate of drug-likeness (QED) is 0.751. The third-order valence-electron chi connectivity index (χ3n) is 4.74. The van der Waals surface area contributed by atoms with Gasteiger partial charge in [-0.3, -0.25) is 9.59 Å². The number of amides is 1. The number of halogens is 1. The number of aliphatic carboxylic acids is 1. The van der Waals surface area contributed by atoms with E-state index in [1.807, 2.05) is 12.1 Å². The first kappa shape index (κ1) is 18.9. The van der Waals surface area contributed by atoms with Gasteiger partial charge in [-0.1, -0.05) is 43.0 Å². The maximum atomic E-state index is 12.6. The number of hydrogen-bond acceptors (Lipinski definition) is 4. The van der Waals surface area contributed by atoms with E-state index in [1.165, 1.54) is 17.8 Å². The van der Waals surface area contributed by atoms with Crippen LogP contribution in [0.5, 0.6) is 0 Å². The minimum Gasteiger partial charge on any atom is -0.481 e. The van der Waals surface area contributed by atoms with E-state index in [-0.39, 0.29) is 24.3 Å². The van der Waals surface area contributed by atoms with Crippen LogP contribution in [0.15, 0.2) is 29.6 Å². The summed E-state index contributed by atoms with van der Waals surface area (Å²) in [5, 5.41) is 15.1. The maximum absolute atomic E-state index is 12.6. The summed E-state index contributed by atoms with van der Waals surface area (Å²) < 4.78 is 0. The molecule has 2 aromatic rings. The lowest BCUT2D eigenvalue weighted by Gasteiger charge is -2.29. The lowest BCUT2D eigenvalue weighted by Crippen LogP contribution is -2.42. The van der Waals surface area contributed by atoms with Crippen molar-refractivity contribution in [1.82, 2.24) is 10.3 Å². The molecule has 0 spiro atoms. The van der Waals surface area contributed by atoms with Crippen molar-refractivity contribution in [3.63, 3.8) is 0 Å². The van der Waals surface area contributed by atoms with E-state index in [2.05, 4.69) is 10.3 Å². The summed E-state index contributed by atoms with van der Waals surface area (Å²) in [6.45, 7) is 0. The molecule has 1 heterocycles. The van der Waals surface area contributed by atoms with Gasteiger partial charge >= 0.3 is 5.97 Å². The molecule has 1 amide bonds. The lowest BCUT2D eigenvalue weighted by atomic mass is 9.82. The Morgan fingerprint density at radius 1 is 1.31 bits per heavy atom. The number of benzene rings is 1. The van der Waals surface area contributed by atoms with Crippen molar-refractivity contribution < 1.29 is 14.7 Å². The second-order valence-electron chi connectivity index (χ2n) is 6.62. The topological polar surface area (TPSA) is 79.3 Å². The molecule has 1 aromatic carbocycles. The van der Waals surface area contributed by atoms with Crippen LogP contribution in [0.2, 0.25) is 5.02 Å². The number of thiazole rings is 1. The average Bonchev–Trinajstić information content (AvgIpc) is 3.12. The molecule has 138 valence electrons. The Morgan fingerprint density at radius 3 is 2.77 bits per heavy atom. The second kappa shape index (κ2) is 8.64. The summed E-state index contributed by atoms with van der Waals surface area (Å²) in [6.07, 6.45) is 5.23. The zero-order valence-corrected chi connectivity index (χ0v) is 15.9. The van der Waals surface area contributed by atoms with E-state index in [0.717, 1.165) is 31.2 Å². The van der Waals surface area contributed by atoms with Crippen molar-refractivity contribution in [1.29, 1.82) is 0 Å². The van der Waals surface area contributed by atoms with Crippen molar-refractivity contribution in [3.8, 4) is 10.6 Å². The predicted octanol–water partition coefficient (Wildman–Crippen LogP) is 4.62. The number of aromatic nitrogens is 1. The van der Waals surface area contributed by atoms with Crippen LogP contribution in [0.4, 0.5) is 0 Å². The molecule has 0 bridgehead atoms. The molecule has 0 radical (unpaired) electrons. The first-order chi connectivity index (χ1) is 12.5. The third kappa shape index (κ3) is 4.83. The first-order valence-corrected chi connectivity index (χ1v) is 10.0. The minimum absolute atomic E-state index is 0.0539. The number of rotatable bonds is 6. The number of nitrogens with zero attached hydrogens (tertiary/aromatic N) is 1. The Labute approximate surface area is 161 Å². The van der Waals surface area contributed by atoms with E-state index in [1.54, 1.807) is 17.5 Å². The molecule has 7 heteroatoms.